The van der Waals surface area contributed by atoms with Gasteiger partial charge in [-0.15, -0.1) is 0 Å². The number of carbonyl (C=O) groups excluding carboxylic acids is 1. The molecule has 2 rings (SSSR count). The molecule has 1 amide bonds. The highest BCUT2D eigenvalue weighted by Gasteiger charge is 2.29. The lowest BCUT2D eigenvalue weighted by Crippen LogP contribution is -2.55. The van der Waals surface area contributed by atoms with E-state index >= 15 is 0 Å². The number of hydrogen-bond acceptors (Lipinski definition) is 3. The van der Waals surface area contributed by atoms with Gasteiger partial charge in [0.2, 0.25) is 0 Å². The van der Waals surface area contributed by atoms with Gasteiger partial charge in [-0.1, -0.05) is 6.92 Å². The van der Waals surface area contributed by atoms with Crippen LogP contribution in [-0.4, -0.2) is 34.7 Å². The predicted octanol–water partition coefficient (Wildman–Crippen LogP) is 0.526. The van der Waals surface area contributed by atoms with Crippen molar-refractivity contribution in [3.63, 3.8) is 0 Å². The fraction of sp³-hybridized carbons (Fsp3) is 0.636. The Morgan fingerprint density at radius 3 is 3.00 bits per heavy atom. The third-order valence-corrected chi connectivity index (χ3v) is 3.26. The lowest BCUT2D eigenvalue weighted by atomic mass is 9.89. The number of hydrogen-bond donors (Lipinski definition) is 3. The molecule has 5 nitrogen and oxygen atoms in total. The van der Waals surface area contributed by atoms with E-state index in [1.54, 1.807) is 12.3 Å². The SMILES string of the molecule is CC1CCNC(C)C1NC(=O)c1ccn[nH]1. The van der Waals surface area contributed by atoms with Gasteiger partial charge in [-0.3, -0.25) is 9.89 Å². The van der Waals surface area contributed by atoms with Crippen molar-refractivity contribution in [1.29, 1.82) is 0 Å². The first-order valence-corrected chi connectivity index (χ1v) is 5.72. The third kappa shape index (κ3) is 2.24. The molecule has 0 aliphatic carbocycles. The van der Waals surface area contributed by atoms with Gasteiger partial charge in [0.25, 0.3) is 5.91 Å². The van der Waals surface area contributed by atoms with Crippen molar-refractivity contribution in [1.82, 2.24) is 20.8 Å². The first-order valence-electron chi connectivity index (χ1n) is 5.72. The van der Waals surface area contributed by atoms with Gasteiger partial charge in [0, 0.05) is 18.3 Å². The zero-order valence-corrected chi connectivity index (χ0v) is 9.66. The molecule has 0 bridgehead atoms. The summed E-state index contributed by atoms with van der Waals surface area (Å²) >= 11 is 0. The summed E-state index contributed by atoms with van der Waals surface area (Å²) in [6.07, 6.45) is 2.68. The smallest absolute Gasteiger partial charge is 0.269 e. The first-order chi connectivity index (χ1) is 7.68. The highest BCUT2D eigenvalue weighted by molar-refractivity contribution is 5.92. The lowest BCUT2D eigenvalue weighted by molar-refractivity contribution is 0.0892. The summed E-state index contributed by atoms with van der Waals surface area (Å²) in [4.78, 5) is 11.9. The minimum absolute atomic E-state index is 0.0788. The van der Waals surface area contributed by atoms with Crippen LogP contribution in [0.4, 0.5) is 0 Å². The van der Waals surface area contributed by atoms with Crippen molar-refractivity contribution in [3.8, 4) is 0 Å². The number of aromatic nitrogens is 2. The maximum atomic E-state index is 11.9. The van der Waals surface area contributed by atoms with Crippen molar-refractivity contribution >= 4 is 5.91 Å². The Hall–Kier alpha value is -1.36. The molecule has 0 spiro atoms. The van der Waals surface area contributed by atoms with Crippen LogP contribution >= 0.6 is 0 Å². The van der Waals surface area contributed by atoms with E-state index in [-0.39, 0.29) is 11.9 Å². The van der Waals surface area contributed by atoms with Crippen molar-refractivity contribution in [2.24, 2.45) is 5.92 Å². The van der Waals surface area contributed by atoms with Crippen LogP contribution in [0, 0.1) is 5.92 Å². The summed E-state index contributed by atoms with van der Waals surface area (Å²) in [6, 6.07) is 2.18. The highest BCUT2D eigenvalue weighted by atomic mass is 16.2. The topological polar surface area (TPSA) is 69.8 Å². The van der Waals surface area contributed by atoms with E-state index in [1.807, 2.05) is 0 Å². The summed E-state index contributed by atoms with van der Waals surface area (Å²) in [5.74, 6) is 0.424. The van der Waals surface area contributed by atoms with Crippen LogP contribution in [0.3, 0.4) is 0 Å². The Morgan fingerprint density at radius 2 is 2.38 bits per heavy atom. The summed E-state index contributed by atoms with van der Waals surface area (Å²) in [6.45, 7) is 5.31. The van der Waals surface area contributed by atoms with Crippen molar-refractivity contribution in [3.05, 3.63) is 18.0 Å². The zero-order chi connectivity index (χ0) is 11.5. The molecule has 0 aromatic carbocycles. The van der Waals surface area contributed by atoms with Crippen molar-refractivity contribution < 1.29 is 4.79 Å². The van der Waals surface area contributed by atoms with E-state index < -0.39 is 0 Å². The van der Waals surface area contributed by atoms with Crippen LogP contribution in [0.25, 0.3) is 0 Å². The molecule has 3 N–H and O–H groups in total. The van der Waals surface area contributed by atoms with Crippen LogP contribution < -0.4 is 10.6 Å². The molecule has 0 saturated carbocycles. The van der Waals surface area contributed by atoms with Gasteiger partial charge in [-0.05, 0) is 31.9 Å². The maximum absolute atomic E-state index is 11.9. The van der Waals surface area contributed by atoms with Gasteiger partial charge in [0.15, 0.2) is 0 Å². The summed E-state index contributed by atoms with van der Waals surface area (Å²) in [5, 5.41) is 12.9. The summed E-state index contributed by atoms with van der Waals surface area (Å²) < 4.78 is 0. The standard InChI is InChI=1S/C11H18N4O/c1-7-3-5-12-8(2)10(7)14-11(16)9-4-6-13-15-9/h4,6-8,10,12H,3,5H2,1-2H3,(H,13,15)(H,14,16). The average molecular weight is 222 g/mol. The van der Waals surface area contributed by atoms with Crippen LogP contribution in [0.15, 0.2) is 12.3 Å². The monoisotopic (exact) mass is 222 g/mol. The van der Waals surface area contributed by atoms with Crippen LogP contribution in [0.5, 0.6) is 0 Å². The highest BCUT2D eigenvalue weighted by Crippen LogP contribution is 2.16. The number of carbonyl (C=O) groups is 1. The van der Waals surface area contributed by atoms with E-state index in [2.05, 4.69) is 34.7 Å². The Balaban J connectivity index is 2.00. The number of nitrogens with zero attached hydrogens (tertiary/aromatic N) is 1. The van der Waals surface area contributed by atoms with E-state index in [9.17, 15) is 4.79 Å². The number of amides is 1. The van der Waals surface area contributed by atoms with E-state index in [1.165, 1.54) is 0 Å². The molecule has 1 saturated heterocycles. The second-order valence-electron chi connectivity index (χ2n) is 4.48. The molecule has 1 aliphatic heterocycles. The quantitative estimate of drug-likeness (QED) is 0.683. The fourth-order valence-corrected chi connectivity index (χ4v) is 2.22. The van der Waals surface area contributed by atoms with Crippen LogP contribution in [0.2, 0.25) is 0 Å². The molecule has 16 heavy (non-hydrogen) atoms. The molecule has 5 heteroatoms. The molecule has 1 aromatic rings. The summed E-state index contributed by atoms with van der Waals surface area (Å²) in [7, 11) is 0. The molecule has 1 aromatic heterocycles. The number of piperidine rings is 1. The summed E-state index contributed by atoms with van der Waals surface area (Å²) in [5.41, 5.74) is 0.518. The number of rotatable bonds is 2. The van der Waals surface area contributed by atoms with Crippen LogP contribution in [0.1, 0.15) is 30.8 Å². The molecule has 1 fully saturated rings. The number of H-pyrrole nitrogens is 1. The third-order valence-electron chi connectivity index (χ3n) is 3.26. The van der Waals surface area contributed by atoms with Gasteiger partial charge in [0.05, 0.1) is 0 Å². The van der Waals surface area contributed by atoms with Crippen molar-refractivity contribution in [2.45, 2.75) is 32.4 Å². The maximum Gasteiger partial charge on any atom is 0.269 e. The van der Waals surface area contributed by atoms with E-state index in [4.69, 9.17) is 0 Å². The van der Waals surface area contributed by atoms with Gasteiger partial charge >= 0.3 is 0 Å². The first kappa shape index (κ1) is 11.1. The Morgan fingerprint density at radius 1 is 1.56 bits per heavy atom. The van der Waals surface area contributed by atoms with Crippen LogP contribution in [-0.2, 0) is 0 Å². The molecule has 1 aliphatic rings. The molecule has 2 heterocycles. The van der Waals surface area contributed by atoms with Gasteiger partial charge in [-0.25, -0.2) is 0 Å². The molecular weight excluding hydrogens is 204 g/mol. The number of aromatic amines is 1. The minimum Gasteiger partial charge on any atom is -0.346 e. The van der Waals surface area contributed by atoms with E-state index in [0.717, 1.165) is 13.0 Å². The Labute approximate surface area is 95.0 Å². The van der Waals surface area contributed by atoms with Gasteiger partial charge in [0.1, 0.15) is 5.69 Å². The molecule has 88 valence electrons. The second kappa shape index (κ2) is 4.65. The average Bonchev–Trinajstić information content (AvgIpc) is 2.76. The zero-order valence-electron chi connectivity index (χ0n) is 9.66. The normalized spacial score (nSPS) is 30.0. The molecule has 3 unspecified atom stereocenters. The Kier molecular flexibility index (Phi) is 3.24. The predicted molar refractivity (Wildman–Crippen MR) is 61.1 cm³/mol. The van der Waals surface area contributed by atoms with E-state index in [0.29, 0.717) is 17.7 Å². The van der Waals surface area contributed by atoms with Gasteiger partial charge in [-0.2, -0.15) is 5.10 Å². The lowest BCUT2D eigenvalue weighted by Gasteiger charge is -2.35. The molecular formula is C11H18N4O. The fourth-order valence-electron chi connectivity index (χ4n) is 2.22. The van der Waals surface area contributed by atoms with Gasteiger partial charge < -0.3 is 10.6 Å². The molecule has 0 radical (unpaired) electrons. The number of nitrogens with one attached hydrogen (secondary N) is 3. The molecule has 3 atom stereocenters. The minimum atomic E-state index is -0.0788. The largest absolute Gasteiger partial charge is 0.346 e. The van der Waals surface area contributed by atoms with Crippen molar-refractivity contribution in [2.75, 3.05) is 6.54 Å². The Bertz CT molecular complexity index is 339. The second-order valence-corrected chi connectivity index (χ2v) is 4.48.